The normalized spacial score (nSPS) is 11.4. The van der Waals surface area contributed by atoms with E-state index >= 15 is 0 Å². The van der Waals surface area contributed by atoms with E-state index in [4.69, 9.17) is 36.3 Å². The molecule has 0 saturated heterocycles. The SMILES string of the molecule is CCNc1cc2oc3cc(=[N+](CC)CC)ccc-3nc2c2ccccc12.CCNc1cc2oc3cc(=[N+](CC)CC)ccc-3nc2c2ccccc12.O=S(=O)([O-])[O-]. The summed E-state index contributed by atoms with van der Waals surface area (Å²) in [6.45, 7) is 18.5. The van der Waals surface area contributed by atoms with E-state index in [0.717, 1.165) is 107 Å². The van der Waals surface area contributed by atoms with Crippen LogP contribution in [-0.2, 0) is 10.4 Å². The van der Waals surface area contributed by atoms with Gasteiger partial charge < -0.3 is 28.6 Å². The summed E-state index contributed by atoms with van der Waals surface area (Å²) in [5.74, 6) is 1.64. The average molecular weight is 789 g/mol. The molecule has 0 fully saturated rings. The molecular formula is C44H48N6O6S. The quantitative estimate of drug-likeness (QED) is 0.0525. The number of hydrogen-bond donors (Lipinski definition) is 2. The Morgan fingerprint density at radius 3 is 1.23 bits per heavy atom. The van der Waals surface area contributed by atoms with Crippen molar-refractivity contribution in [2.75, 3.05) is 49.9 Å². The van der Waals surface area contributed by atoms with Gasteiger partial charge in [0.1, 0.15) is 48.6 Å². The van der Waals surface area contributed by atoms with Gasteiger partial charge in [-0.2, -0.15) is 0 Å². The number of rotatable bonds is 8. The maximum Gasteiger partial charge on any atom is 0.203 e. The molecule has 0 spiro atoms. The second kappa shape index (κ2) is 17.9. The fourth-order valence-corrected chi connectivity index (χ4v) is 7.13. The lowest BCUT2D eigenvalue weighted by molar-refractivity contribution is 0.352. The molecule has 13 heteroatoms. The lowest BCUT2D eigenvalue weighted by Gasteiger charge is -2.12. The summed E-state index contributed by atoms with van der Waals surface area (Å²) < 4.78 is 51.3. The van der Waals surface area contributed by atoms with Crippen molar-refractivity contribution < 1.29 is 26.4 Å². The summed E-state index contributed by atoms with van der Waals surface area (Å²) in [6, 6.07) is 33.4. The van der Waals surface area contributed by atoms with Gasteiger partial charge in [0.25, 0.3) is 0 Å². The molecule has 4 aromatic carbocycles. The first-order valence-electron chi connectivity index (χ1n) is 19.3. The van der Waals surface area contributed by atoms with E-state index in [9.17, 15) is 0 Å². The molecule has 0 amide bonds. The van der Waals surface area contributed by atoms with Gasteiger partial charge in [-0.15, -0.1) is 0 Å². The molecule has 4 aromatic rings. The number of hydrogen-bond acceptors (Lipinski definition) is 10. The molecule has 12 nitrogen and oxygen atoms in total. The Balaban J connectivity index is 0.000000173. The van der Waals surface area contributed by atoms with Crippen molar-refractivity contribution in [2.24, 2.45) is 0 Å². The monoisotopic (exact) mass is 788 g/mol. The van der Waals surface area contributed by atoms with Gasteiger partial charge in [0, 0.05) is 80.7 Å². The Bertz CT molecular complexity index is 2680. The summed E-state index contributed by atoms with van der Waals surface area (Å²) in [5.41, 5.74) is 7.37. The molecule has 2 N–H and O–H groups in total. The van der Waals surface area contributed by atoms with Gasteiger partial charge in [0.05, 0.1) is 12.1 Å². The molecule has 2 aliphatic carbocycles. The zero-order valence-corrected chi connectivity index (χ0v) is 33.9. The van der Waals surface area contributed by atoms with Crippen LogP contribution in [-0.4, -0.2) is 66.8 Å². The third kappa shape index (κ3) is 9.23. The number of nitrogens with zero attached hydrogens (tertiary/aromatic N) is 4. The summed E-state index contributed by atoms with van der Waals surface area (Å²) >= 11 is 0. The van der Waals surface area contributed by atoms with Crippen LogP contribution in [0.4, 0.5) is 11.4 Å². The van der Waals surface area contributed by atoms with Gasteiger partial charge in [-0.3, -0.25) is 8.42 Å². The molecule has 4 aliphatic rings. The standard InChI is InChI=1S/2C22H23N3O.H2O4S/c2*1-4-23-19-14-21-22(17-10-8-7-9-16(17)19)24-18-12-11-15(13-20(18)26-21)25(5-2)6-3;1-5(2,3)4/h2*7-14H,4-6H2,1-3H3;(H2,1,2,3,4). The summed E-state index contributed by atoms with van der Waals surface area (Å²) in [6.07, 6.45) is 0. The molecular weight excluding hydrogens is 741 g/mol. The highest BCUT2D eigenvalue weighted by atomic mass is 32.3. The first kappa shape index (κ1) is 40.8. The predicted molar refractivity (Wildman–Crippen MR) is 228 cm³/mol. The number of nitrogens with one attached hydrogen (secondary N) is 2. The number of benzene rings is 6. The molecule has 0 bridgehead atoms. The van der Waals surface area contributed by atoms with Gasteiger partial charge >= 0.3 is 0 Å². The van der Waals surface area contributed by atoms with Crippen molar-refractivity contribution in [1.29, 1.82) is 0 Å². The minimum absolute atomic E-state index is 0.809. The van der Waals surface area contributed by atoms with E-state index in [1.165, 1.54) is 21.5 Å². The predicted octanol–water partition coefficient (Wildman–Crippen LogP) is 7.32. The topological polar surface area (TPSA) is 162 Å². The zero-order valence-electron chi connectivity index (χ0n) is 33.1. The lowest BCUT2D eigenvalue weighted by Crippen LogP contribution is -2.29. The Hall–Kier alpha value is -5.89. The highest BCUT2D eigenvalue weighted by molar-refractivity contribution is 7.79. The van der Waals surface area contributed by atoms with E-state index in [0.29, 0.717) is 0 Å². The van der Waals surface area contributed by atoms with Crippen LogP contribution >= 0.6 is 0 Å². The van der Waals surface area contributed by atoms with Crippen LogP contribution in [0.25, 0.3) is 66.7 Å². The maximum absolute atomic E-state index is 8.52. The molecule has 296 valence electrons. The van der Waals surface area contributed by atoms with Crippen LogP contribution < -0.4 is 30.5 Å². The second-order valence-corrected chi connectivity index (χ2v) is 14.0. The fraction of sp³-hybridized carbons (Fsp3) is 0.273. The summed E-state index contributed by atoms with van der Waals surface area (Å²) in [7, 11) is -5.17. The van der Waals surface area contributed by atoms with Gasteiger partial charge in [-0.05, 0) is 53.7 Å². The molecule has 57 heavy (non-hydrogen) atoms. The van der Waals surface area contributed by atoms with Crippen molar-refractivity contribution in [3.05, 3.63) is 108 Å². The fourth-order valence-electron chi connectivity index (χ4n) is 7.13. The van der Waals surface area contributed by atoms with Gasteiger partial charge in [0.2, 0.25) is 10.7 Å². The van der Waals surface area contributed by atoms with E-state index in [2.05, 4.69) is 146 Å². The van der Waals surface area contributed by atoms with Crippen molar-refractivity contribution in [2.45, 2.75) is 41.5 Å². The number of fused-ring (bicyclic) bond motifs is 8. The Labute approximate surface area is 332 Å². The number of anilines is 2. The van der Waals surface area contributed by atoms with Gasteiger partial charge in [0.15, 0.2) is 22.7 Å². The zero-order chi connectivity index (χ0) is 40.7. The highest BCUT2D eigenvalue weighted by Crippen LogP contribution is 2.35. The third-order valence-electron chi connectivity index (χ3n) is 9.75. The minimum atomic E-state index is -5.17. The average Bonchev–Trinajstić information content (AvgIpc) is 3.20. The molecule has 2 aliphatic heterocycles. The Morgan fingerprint density at radius 1 is 0.544 bits per heavy atom. The molecule has 0 radical (unpaired) electrons. The minimum Gasteiger partial charge on any atom is -0.759 e. The van der Waals surface area contributed by atoms with Crippen molar-refractivity contribution in [1.82, 2.24) is 19.1 Å². The second-order valence-electron chi connectivity index (χ2n) is 13.2. The highest BCUT2D eigenvalue weighted by Gasteiger charge is 2.17. The molecule has 0 aromatic heterocycles. The summed E-state index contributed by atoms with van der Waals surface area (Å²) in [4.78, 5) is 9.84. The van der Waals surface area contributed by atoms with Crippen LogP contribution in [0.2, 0.25) is 0 Å². The Morgan fingerprint density at radius 2 is 0.895 bits per heavy atom. The first-order chi connectivity index (χ1) is 27.5. The van der Waals surface area contributed by atoms with E-state index in [-0.39, 0.29) is 0 Å². The van der Waals surface area contributed by atoms with Crippen molar-refractivity contribution in [3.8, 4) is 22.9 Å². The van der Waals surface area contributed by atoms with E-state index in [1.807, 2.05) is 12.1 Å². The molecule has 0 saturated carbocycles. The van der Waals surface area contributed by atoms with Crippen LogP contribution in [0, 0.1) is 0 Å². The molecule has 0 atom stereocenters. The smallest absolute Gasteiger partial charge is 0.203 e. The molecule has 2 heterocycles. The van der Waals surface area contributed by atoms with Crippen LogP contribution in [0.1, 0.15) is 41.5 Å². The van der Waals surface area contributed by atoms with Crippen LogP contribution in [0.5, 0.6) is 0 Å². The van der Waals surface area contributed by atoms with Gasteiger partial charge in [-0.1, -0.05) is 48.5 Å². The third-order valence-corrected chi connectivity index (χ3v) is 9.75. The molecule has 8 rings (SSSR count). The summed E-state index contributed by atoms with van der Waals surface area (Å²) in [5, 5.41) is 13.8. The van der Waals surface area contributed by atoms with E-state index < -0.39 is 10.4 Å². The van der Waals surface area contributed by atoms with Crippen LogP contribution in [0.15, 0.2) is 106 Å². The van der Waals surface area contributed by atoms with E-state index in [1.54, 1.807) is 0 Å². The number of aromatic nitrogens is 2. The van der Waals surface area contributed by atoms with Gasteiger partial charge in [-0.25, -0.2) is 19.1 Å². The van der Waals surface area contributed by atoms with Crippen molar-refractivity contribution >= 4 is 65.5 Å². The first-order valence-corrected chi connectivity index (χ1v) is 20.7. The van der Waals surface area contributed by atoms with Crippen molar-refractivity contribution in [3.63, 3.8) is 0 Å². The largest absolute Gasteiger partial charge is 0.759 e. The lowest BCUT2D eigenvalue weighted by atomic mass is 10.1. The Kier molecular flexibility index (Phi) is 12.8. The van der Waals surface area contributed by atoms with Crippen LogP contribution in [0.3, 0.4) is 0 Å². The molecule has 0 unspecified atom stereocenters. The maximum atomic E-state index is 8.52.